The highest BCUT2D eigenvalue weighted by atomic mass is 16.2. The van der Waals surface area contributed by atoms with Crippen LogP contribution in [0.2, 0.25) is 0 Å². The molecule has 8 heteroatoms. The van der Waals surface area contributed by atoms with Crippen LogP contribution in [0.3, 0.4) is 0 Å². The third kappa shape index (κ3) is 4.37. The van der Waals surface area contributed by atoms with Crippen molar-refractivity contribution >= 4 is 11.8 Å². The number of rotatable bonds is 6. The predicted octanol–water partition coefficient (Wildman–Crippen LogP) is 2.22. The topological polar surface area (TPSA) is 93.0 Å². The molecule has 1 aromatic carbocycles. The Balaban J connectivity index is 1.38. The maximum absolute atomic E-state index is 13.0. The molecule has 1 saturated heterocycles. The van der Waals surface area contributed by atoms with Crippen molar-refractivity contribution in [1.29, 1.82) is 0 Å². The van der Waals surface area contributed by atoms with Gasteiger partial charge in [0, 0.05) is 25.0 Å². The Morgan fingerprint density at radius 2 is 2.00 bits per heavy atom. The first-order valence-electron chi connectivity index (χ1n) is 10.1. The normalized spacial score (nSPS) is 15.9. The van der Waals surface area contributed by atoms with Crippen LogP contribution in [-0.2, 0) is 13.1 Å². The van der Waals surface area contributed by atoms with Crippen molar-refractivity contribution in [3.63, 3.8) is 0 Å². The smallest absolute Gasteiger partial charge is 0.273 e. The molecule has 8 nitrogen and oxygen atoms in total. The number of likely N-dealkylation sites (tertiary alicyclic amines) is 1. The number of amides is 2. The maximum atomic E-state index is 13.0. The molecule has 3 heterocycles. The van der Waals surface area contributed by atoms with E-state index in [4.69, 9.17) is 0 Å². The van der Waals surface area contributed by atoms with Gasteiger partial charge in [-0.15, -0.1) is 5.10 Å². The molecule has 1 N–H and O–H groups in total. The van der Waals surface area contributed by atoms with Crippen LogP contribution >= 0.6 is 0 Å². The van der Waals surface area contributed by atoms with Gasteiger partial charge in [0.15, 0.2) is 5.69 Å². The third-order valence-corrected chi connectivity index (χ3v) is 5.34. The van der Waals surface area contributed by atoms with Gasteiger partial charge in [-0.25, -0.2) is 4.68 Å². The van der Waals surface area contributed by atoms with Crippen LogP contribution in [0.1, 0.15) is 44.9 Å². The summed E-state index contributed by atoms with van der Waals surface area (Å²) >= 11 is 0. The Bertz CT molecular complexity index is 1030. The Labute approximate surface area is 174 Å². The molecule has 1 aliphatic rings. The second-order valence-electron chi connectivity index (χ2n) is 7.43. The summed E-state index contributed by atoms with van der Waals surface area (Å²) in [6.07, 6.45) is 5.15. The summed E-state index contributed by atoms with van der Waals surface area (Å²) in [7, 11) is 0. The number of hydrogen-bond acceptors (Lipinski definition) is 5. The number of carbonyl (C=O) groups is 2. The molecule has 2 amide bonds. The Kier molecular flexibility index (Phi) is 5.83. The highest BCUT2D eigenvalue weighted by molar-refractivity contribution is 5.95. The van der Waals surface area contributed by atoms with Crippen molar-refractivity contribution in [1.82, 2.24) is 30.2 Å². The number of aromatic nitrogens is 4. The zero-order chi connectivity index (χ0) is 20.9. The quantitative estimate of drug-likeness (QED) is 0.680. The van der Waals surface area contributed by atoms with E-state index >= 15 is 0 Å². The van der Waals surface area contributed by atoms with E-state index in [9.17, 15) is 9.59 Å². The molecule has 0 spiro atoms. The fraction of sp³-hybridized carbons (Fsp3) is 0.318. The number of nitrogens with one attached hydrogen (secondary N) is 1. The maximum Gasteiger partial charge on any atom is 0.273 e. The van der Waals surface area contributed by atoms with Gasteiger partial charge in [-0.2, -0.15) is 0 Å². The average molecular weight is 404 g/mol. The minimum absolute atomic E-state index is 0.0101. The molecule has 3 aromatic rings. The third-order valence-electron chi connectivity index (χ3n) is 5.34. The van der Waals surface area contributed by atoms with E-state index in [0.29, 0.717) is 25.2 Å². The van der Waals surface area contributed by atoms with Crippen LogP contribution in [0.15, 0.2) is 54.9 Å². The lowest BCUT2D eigenvalue weighted by Gasteiger charge is -2.25. The van der Waals surface area contributed by atoms with Crippen LogP contribution in [0, 0.1) is 6.92 Å². The van der Waals surface area contributed by atoms with Gasteiger partial charge in [0.2, 0.25) is 0 Å². The number of hydrogen-bond donors (Lipinski definition) is 1. The number of benzene rings is 1. The molecule has 1 fully saturated rings. The number of pyridine rings is 1. The molecule has 2 aromatic heterocycles. The molecule has 30 heavy (non-hydrogen) atoms. The largest absolute Gasteiger partial charge is 0.347 e. The van der Waals surface area contributed by atoms with Gasteiger partial charge in [0.1, 0.15) is 0 Å². The number of carbonyl (C=O) groups excluding carboxylic acids is 2. The lowest BCUT2D eigenvalue weighted by atomic mass is 10.1. The summed E-state index contributed by atoms with van der Waals surface area (Å²) in [5, 5.41) is 10.9. The van der Waals surface area contributed by atoms with Gasteiger partial charge in [0.25, 0.3) is 11.8 Å². The van der Waals surface area contributed by atoms with Gasteiger partial charge >= 0.3 is 0 Å². The Hall–Kier alpha value is -3.55. The zero-order valence-corrected chi connectivity index (χ0v) is 16.9. The summed E-state index contributed by atoms with van der Waals surface area (Å²) in [4.78, 5) is 31.4. The van der Waals surface area contributed by atoms with Crippen LogP contribution < -0.4 is 5.32 Å². The minimum atomic E-state index is -0.268. The summed E-state index contributed by atoms with van der Waals surface area (Å²) in [6, 6.07) is 13.3. The first kappa shape index (κ1) is 19.8. The first-order valence-corrected chi connectivity index (χ1v) is 10.1. The molecular weight excluding hydrogens is 380 g/mol. The van der Waals surface area contributed by atoms with Gasteiger partial charge in [-0.05, 0) is 37.5 Å². The van der Waals surface area contributed by atoms with E-state index < -0.39 is 0 Å². The predicted molar refractivity (Wildman–Crippen MR) is 111 cm³/mol. The molecular formula is C22H24N6O2. The van der Waals surface area contributed by atoms with Crippen molar-refractivity contribution in [3.8, 4) is 0 Å². The fourth-order valence-electron chi connectivity index (χ4n) is 3.73. The van der Waals surface area contributed by atoms with E-state index in [0.717, 1.165) is 24.1 Å². The van der Waals surface area contributed by atoms with Crippen molar-refractivity contribution in [2.24, 2.45) is 0 Å². The summed E-state index contributed by atoms with van der Waals surface area (Å²) < 4.78 is 1.64. The molecule has 1 aliphatic heterocycles. The highest BCUT2D eigenvalue weighted by Crippen LogP contribution is 2.22. The highest BCUT2D eigenvalue weighted by Gasteiger charge is 2.31. The van der Waals surface area contributed by atoms with Crippen LogP contribution in [0.5, 0.6) is 0 Å². The summed E-state index contributed by atoms with van der Waals surface area (Å²) in [6.45, 7) is 3.49. The molecule has 1 atom stereocenters. The van der Waals surface area contributed by atoms with E-state index in [1.54, 1.807) is 23.1 Å². The minimum Gasteiger partial charge on any atom is -0.347 e. The van der Waals surface area contributed by atoms with E-state index in [1.807, 2.05) is 48.2 Å². The van der Waals surface area contributed by atoms with Crippen molar-refractivity contribution in [3.05, 3.63) is 77.4 Å². The molecule has 1 unspecified atom stereocenters. The molecule has 0 aliphatic carbocycles. The zero-order valence-electron chi connectivity index (χ0n) is 16.9. The van der Waals surface area contributed by atoms with Gasteiger partial charge in [-0.3, -0.25) is 14.6 Å². The van der Waals surface area contributed by atoms with Crippen LogP contribution in [-0.4, -0.2) is 49.3 Å². The number of aryl methyl sites for hydroxylation is 1. The Morgan fingerprint density at radius 1 is 1.17 bits per heavy atom. The van der Waals surface area contributed by atoms with Crippen LogP contribution in [0.25, 0.3) is 0 Å². The summed E-state index contributed by atoms with van der Waals surface area (Å²) in [5.41, 5.74) is 2.64. The standard InChI is InChI=1S/C22H24N6O2/c1-16-19(10-5-11-23-16)22(30)28-12-6-9-18(28)14-27-15-20(25-26-27)21(29)24-13-17-7-3-2-4-8-17/h2-5,7-8,10-11,15,18H,6,9,12-14H2,1H3,(H,24,29). The van der Waals surface area contributed by atoms with Crippen molar-refractivity contribution < 1.29 is 9.59 Å². The second kappa shape index (κ2) is 8.86. The van der Waals surface area contributed by atoms with Crippen molar-refractivity contribution in [2.45, 2.75) is 38.9 Å². The average Bonchev–Trinajstić information content (AvgIpc) is 3.43. The monoisotopic (exact) mass is 404 g/mol. The summed E-state index contributed by atoms with van der Waals surface area (Å²) in [5.74, 6) is -0.278. The lowest BCUT2D eigenvalue weighted by molar-refractivity contribution is 0.0719. The molecule has 4 rings (SSSR count). The number of nitrogens with zero attached hydrogens (tertiary/aromatic N) is 5. The molecule has 0 radical (unpaired) electrons. The SMILES string of the molecule is Cc1ncccc1C(=O)N1CCCC1Cn1cc(C(=O)NCc2ccccc2)nn1. The Morgan fingerprint density at radius 3 is 2.80 bits per heavy atom. The molecule has 0 saturated carbocycles. The molecule has 0 bridgehead atoms. The fourth-order valence-corrected chi connectivity index (χ4v) is 3.73. The van der Waals surface area contributed by atoms with E-state index in [1.165, 1.54) is 0 Å². The second-order valence-corrected chi connectivity index (χ2v) is 7.43. The van der Waals surface area contributed by atoms with Crippen LogP contribution in [0.4, 0.5) is 0 Å². The molecule has 154 valence electrons. The van der Waals surface area contributed by atoms with Gasteiger partial charge < -0.3 is 10.2 Å². The van der Waals surface area contributed by atoms with E-state index in [2.05, 4.69) is 20.6 Å². The lowest BCUT2D eigenvalue weighted by Crippen LogP contribution is -2.38. The van der Waals surface area contributed by atoms with Crippen molar-refractivity contribution in [2.75, 3.05) is 6.54 Å². The van der Waals surface area contributed by atoms with E-state index in [-0.39, 0.29) is 23.6 Å². The van der Waals surface area contributed by atoms with Gasteiger partial charge in [0.05, 0.1) is 24.3 Å². The first-order chi connectivity index (χ1) is 14.6. The van der Waals surface area contributed by atoms with Gasteiger partial charge in [-0.1, -0.05) is 35.5 Å².